The summed E-state index contributed by atoms with van der Waals surface area (Å²) in [5.74, 6) is 0.00609. The van der Waals surface area contributed by atoms with Crippen LogP contribution in [0.3, 0.4) is 0 Å². The van der Waals surface area contributed by atoms with E-state index in [4.69, 9.17) is 16.3 Å². The van der Waals surface area contributed by atoms with Crippen molar-refractivity contribution in [2.45, 2.75) is 84.5 Å². The molecule has 9 heteroatoms. The monoisotopic (exact) mass is 573 g/mol. The van der Waals surface area contributed by atoms with Crippen LogP contribution in [0.25, 0.3) is 0 Å². The molecule has 2 aromatic carbocycles. The van der Waals surface area contributed by atoms with Gasteiger partial charge in [-0.15, -0.1) is 0 Å². The van der Waals surface area contributed by atoms with Crippen molar-refractivity contribution in [1.29, 1.82) is 0 Å². The first kappa shape index (κ1) is 30.8. The summed E-state index contributed by atoms with van der Waals surface area (Å²) < 4.78 is 5.46. The van der Waals surface area contributed by atoms with Crippen LogP contribution >= 0.6 is 23.4 Å². The number of anilines is 1. The Balaban J connectivity index is 2.03. The third-order valence-electron chi connectivity index (χ3n) is 6.64. The van der Waals surface area contributed by atoms with Crippen molar-refractivity contribution in [2.75, 3.05) is 17.3 Å². The molecule has 2 aromatic rings. The molecule has 0 radical (unpaired) electrons. The van der Waals surface area contributed by atoms with Gasteiger partial charge in [0.1, 0.15) is 17.7 Å². The Morgan fingerprint density at radius 3 is 2.33 bits per heavy atom. The summed E-state index contributed by atoms with van der Waals surface area (Å²) in [5, 5.41) is 6.22. The Morgan fingerprint density at radius 1 is 1.08 bits per heavy atom. The van der Waals surface area contributed by atoms with E-state index in [-0.39, 0.29) is 17.9 Å². The van der Waals surface area contributed by atoms with E-state index in [9.17, 15) is 14.4 Å². The number of carbonyl (C=O) groups is 3. The molecule has 1 aliphatic rings. The first-order valence-electron chi connectivity index (χ1n) is 13.3. The summed E-state index contributed by atoms with van der Waals surface area (Å²) in [5.41, 5.74) is 3.46. The molecule has 0 bridgehead atoms. The van der Waals surface area contributed by atoms with Crippen LogP contribution in [0, 0.1) is 20.8 Å². The zero-order chi connectivity index (χ0) is 28.9. The van der Waals surface area contributed by atoms with E-state index in [1.54, 1.807) is 43.5 Å². The van der Waals surface area contributed by atoms with E-state index < -0.39 is 23.8 Å². The largest absolute Gasteiger partial charge is 0.444 e. The Hall–Kier alpha value is -2.71. The van der Waals surface area contributed by atoms with Crippen LogP contribution in [0.2, 0.25) is 5.02 Å². The lowest BCUT2D eigenvalue weighted by Crippen LogP contribution is -2.53. The van der Waals surface area contributed by atoms with Gasteiger partial charge in [0, 0.05) is 6.04 Å². The van der Waals surface area contributed by atoms with Crippen LogP contribution in [-0.2, 0) is 14.3 Å². The van der Waals surface area contributed by atoms with E-state index in [0.717, 1.165) is 29.5 Å². The zero-order valence-corrected chi connectivity index (χ0v) is 25.5. The molecular formula is C30H40ClN3O4S. The van der Waals surface area contributed by atoms with Gasteiger partial charge in [-0.2, -0.15) is 11.8 Å². The average molecular weight is 574 g/mol. The number of hydrogen-bond acceptors (Lipinski definition) is 5. The molecule has 0 heterocycles. The summed E-state index contributed by atoms with van der Waals surface area (Å²) in [6.07, 6.45) is 3.27. The molecule has 2 atom stereocenters. The number of rotatable bonds is 10. The van der Waals surface area contributed by atoms with Crippen LogP contribution in [0.4, 0.5) is 10.5 Å². The van der Waals surface area contributed by atoms with E-state index in [2.05, 4.69) is 10.6 Å². The normalized spacial score (nSPS) is 14.8. The first-order valence-corrected chi connectivity index (χ1v) is 15.0. The van der Waals surface area contributed by atoms with Crippen molar-refractivity contribution in [2.24, 2.45) is 0 Å². The molecule has 1 saturated carbocycles. The standard InChI is InChI=1S/C30H40ClN3O4S/c1-18-11-12-21(17-20(18)3)26(27(35)33-25-19(2)9-8-10-23(25)31)34(22-13-14-22)28(36)24(15-16-39-7)32-29(37)38-30(4,5)6/h8-12,17,22,24,26H,13-16H2,1-7H3,(H,32,37)(H,33,35). The maximum absolute atomic E-state index is 14.2. The van der Waals surface area contributed by atoms with Gasteiger partial charge in [0.25, 0.3) is 5.91 Å². The number of ether oxygens (including phenoxy) is 1. The molecule has 2 unspecified atom stereocenters. The molecule has 2 N–H and O–H groups in total. The lowest BCUT2D eigenvalue weighted by atomic mass is 9.97. The lowest BCUT2D eigenvalue weighted by Gasteiger charge is -2.35. The highest BCUT2D eigenvalue weighted by atomic mass is 35.5. The molecule has 212 valence electrons. The van der Waals surface area contributed by atoms with Crippen molar-refractivity contribution >= 4 is 47.0 Å². The van der Waals surface area contributed by atoms with Gasteiger partial charge in [-0.3, -0.25) is 9.59 Å². The van der Waals surface area contributed by atoms with E-state index in [1.807, 2.05) is 57.4 Å². The molecule has 3 rings (SSSR count). The predicted octanol–water partition coefficient (Wildman–Crippen LogP) is 6.58. The van der Waals surface area contributed by atoms with Crippen molar-refractivity contribution < 1.29 is 19.1 Å². The maximum atomic E-state index is 14.2. The Labute approximate surface area is 241 Å². The molecule has 3 amide bonds. The quantitative estimate of drug-likeness (QED) is 0.335. The summed E-state index contributed by atoms with van der Waals surface area (Å²) in [7, 11) is 0. The van der Waals surface area contributed by atoms with Gasteiger partial charge >= 0.3 is 6.09 Å². The Kier molecular flexibility index (Phi) is 10.4. The second-order valence-corrected chi connectivity index (χ2v) is 12.5. The average Bonchev–Trinajstić information content (AvgIpc) is 3.68. The van der Waals surface area contributed by atoms with Gasteiger partial charge in [-0.1, -0.05) is 41.9 Å². The van der Waals surface area contributed by atoms with E-state index in [1.165, 1.54) is 0 Å². The minimum Gasteiger partial charge on any atom is -0.444 e. The van der Waals surface area contributed by atoms with Crippen LogP contribution in [0.1, 0.15) is 68.3 Å². The second-order valence-electron chi connectivity index (χ2n) is 11.1. The fourth-order valence-corrected chi connectivity index (χ4v) is 5.09. The van der Waals surface area contributed by atoms with Gasteiger partial charge in [-0.05, 0) is 101 Å². The molecule has 39 heavy (non-hydrogen) atoms. The molecule has 1 fully saturated rings. The van der Waals surface area contributed by atoms with Crippen LogP contribution in [0.15, 0.2) is 36.4 Å². The van der Waals surface area contributed by atoms with Crippen LogP contribution in [-0.4, -0.2) is 52.5 Å². The van der Waals surface area contributed by atoms with E-state index in [0.29, 0.717) is 28.4 Å². The lowest BCUT2D eigenvalue weighted by molar-refractivity contribution is -0.141. The number of alkyl carbamates (subject to hydrolysis) is 1. The minimum absolute atomic E-state index is 0.112. The summed E-state index contributed by atoms with van der Waals surface area (Å²) >= 11 is 8.03. The van der Waals surface area contributed by atoms with Crippen molar-refractivity contribution in [3.8, 4) is 0 Å². The number of hydrogen-bond donors (Lipinski definition) is 2. The molecule has 0 aliphatic heterocycles. The highest BCUT2D eigenvalue weighted by Crippen LogP contribution is 2.37. The number of nitrogens with one attached hydrogen (secondary N) is 2. The van der Waals surface area contributed by atoms with Crippen LogP contribution in [0.5, 0.6) is 0 Å². The number of benzene rings is 2. The predicted molar refractivity (Wildman–Crippen MR) is 160 cm³/mol. The summed E-state index contributed by atoms with van der Waals surface area (Å²) in [6, 6.07) is 9.39. The molecular weight excluding hydrogens is 534 g/mol. The molecule has 0 aromatic heterocycles. The maximum Gasteiger partial charge on any atom is 0.408 e. The first-order chi connectivity index (χ1) is 18.3. The third kappa shape index (κ3) is 8.39. The fraction of sp³-hybridized carbons (Fsp3) is 0.500. The van der Waals surface area contributed by atoms with Gasteiger partial charge < -0.3 is 20.3 Å². The second kappa shape index (κ2) is 13.1. The SMILES string of the molecule is CSCCC(NC(=O)OC(C)(C)C)C(=O)N(C1CC1)C(C(=O)Nc1c(C)cccc1Cl)c1ccc(C)c(C)c1. The summed E-state index contributed by atoms with van der Waals surface area (Å²) in [6.45, 7) is 11.2. The number of carbonyl (C=O) groups excluding carboxylic acids is 3. The topological polar surface area (TPSA) is 87.7 Å². The number of amides is 3. The van der Waals surface area contributed by atoms with Gasteiger partial charge in [-0.25, -0.2) is 4.79 Å². The zero-order valence-electron chi connectivity index (χ0n) is 23.9. The van der Waals surface area contributed by atoms with Gasteiger partial charge in [0.15, 0.2) is 0 Å². The van der Waals surface area contributed by atoms with Crippen molar-refractivity contribution in [3.05, 3.63) is 63.7 Å². The van der Waals surface area contributed by atoms with Crippen LogP contribution < -0.4 is 10.6 Å². The molecule has 0 spiro atoms. The number of para-hydroxylation sites is 1. The minimum atomic E-state index is -0.905. The Morgan fingerprint density at radius 2 is 1.77 bits per heavy atom. The molecule has 1 aliphatic carbocycles. The molecule has 7 nitrogen and oxygen atoms in total. The van der Waals surface area contributed by atoms with Gasteiger partial charge in [0.2, 0.25) is 5.91 Å². The summed E-state index contributed by atoms with van der Waals surface area (Å²) in [4.78, 5) is 42.7. The van der Waals surface area contributed by atoms with Crippen molar-refractivity contribution in [3.63, 3.8) is 0 Å². The smallest absolute Gasteiger partial charge is 0.408 e. The number of halogens is 1. The molecule has 0 saturated heterocycles. The number of aryl methyl sites for hydroxylation is 3. The third-order valence-corrected chi connectivity index (χ3v) is 7.60. The number of nitrogens with zero attached hydrogens (tertiary/aromatic N) is 1. The van der Waals surface area contributed by atoms with Gasteiger partial charge in [0.05, 0.1) is 10.7 Å². The highest BCUT2D eigenvalue weighted by molar-refractivity contribution is 7.98. The number of thioether (sulfide) groups is 1. The highest BCUT2D eigenvalue weighted by Gasteiger charge is 2.44. The van der Waals surface area contributed by atoms with E-state index >= 15 is 0 Å². The Bertz CT molecular complexity index is 1190. The van der Waals surface area contributed by atoms with Crippen molar-refractivity contribution in [1.82, 2.24) is 10.2 Å². The fourth-order valence-electron chi connectivity index (χ4n) is 4.35.